The van der Waals surface area contributed by atoms with Gasteiger partial charge in [-0.1, -0.05) is 35.0 Å². The Bertz CT molecular complexity index is 420. The van der Waals surface area contributed by atoms with Gasteiger partial charge >= 0.3 is 0 Å². The van der Waals surface area contributed by atoms with Gasteiger partial charge < -0.3 is 10.5 Å². The molecule has 0 fully saturated rings. The Morgan fingerprint density at radius 1 is 1.41 bits per heavy atom. The van der Waals surface area contributed by atoms with Crippen molar-refractivity contribution < 1.29 is 14.3 Å². The molecule has 0 aliphatic rings. The number of primary amides is 1. The van der Waals surface area contributed by atoms with Crippen molar-refractivity contribution in [2.75, 3.05) is 5.33 Å². The highest BCUT2D eigenvalue weighted by Crippen LogP contribution is 2.21. The third-order valence-electron chi connectivity index (χ3n) is 2.27. The first-order valence-corrected chi connectivity index (χ1v) is 6.36. The molecule has 1 atom stereocenters. The molecule has 5 heteroatoms. The molecule has 0 aliphatic carbocycles. The number of hydrogen-bond donors (Lipinski definition) is 1. The molecule has 0 saturated carbocycles. The van der Waals surface area contributed by atoms with E-state index in [0.29, 0.717) is 17.7 Å². The molecule has 4 nitrogen and oxygen atoms in total. The van der Waals surface area contributed by atoms with Crippen molar-refractivity contribution in [2.24, 2.45) is 5.73 Å². The maximum Gasteiger partial charge on any atom is 0.258 e. The Kier molecular flexibility index (Phi) is 5.15. The molecule has 0 radical (unpaired) electrons. The van der Waals surface area contributed by atoms with Crippen molar-refractivity contribution >= 4 is 27.6 Å². The van der Waals surface area contributed by atoms with Crippen LogP contribution in [0.3, 0.4) is 0 Å². The number of Topliss-reactive ketones (excluding diaryl/α,β-unsaturated/α-hetero) is 1. The topological polar surface area (TPSA) is 69.4 Å². The number of halogens is 1. The number of hydrogen-bond acceptors (Lipinski definition) is 3. The number of ketones is 1. The summed E-state index contributed by atoms with van der Waals surface area (Å²) in [6.07, 6.45) is -0.245. The number of carbonyl (C=O) groups is 2. The fourth-order valence-electron chi connectivity index (χ4n) is 1.37. The van der Waals surface area contributed by atoms with Crippen molar-refractivity contribution in [1.29, 1.82) is 0 Å². The Balaban J connectivity index is 2.97. The van der Waals surface area contributed by atoms with E-state index in [4.69, 9.17) is 10.5 Å². The van der Waals surface area contributed by atoms with Crippen LogP contribution in [0.15, 0.2) is 24.3 Å². The van der Waals surface area contributed by atoms with E-state index in [-0.39, 0.29) is 11.1 Å². The standard InChI is InChI=1S/C12H14BrNO3/c1-2-10(12(14)16)17-11-6-4-3-5-8(11)9(15)7-13/h3-6,10H,2,7H2,1H3,(H2,14,16). The lowest BCUT2D eigenvalue weighted by atomic mass is 10.1. The molecule has 1 amide bonds. The lowest BCUT2D eigenvalue weighted by Gasteiger charge is -2.16. The minimum Gasteiger partial charge on any atom is -0.480 e. The van der Waals surface area contributed by atoms with Crippen LogP contribution in [0.2, 0.25) is 0 Å². The van der Waals surface area contributed by atoms with Crippen LogP contribution in [0.25, 0.3) is 0 Å². The van der Waals surface area contributed by atoms with Crippen molar-refractivity contribution in [2.45, 2.75) is 19.4 Å². The first kappa shape index (κ1) is 13.7. The number of carbonyl (C=O) groups excluding carboxylic acids is 2. The Labute approximate surface area is 108 Å². The predicted molar refractivity (Wildman–Crippen MR) is 68.5 cm³/mol. The number of benzene rings is 1. The minimum absolute atomic E-state index is 0.0973. The minimum atomic E-state index is -0.709. The van der Waals surface area contributed by atoms with Gasteiger partial charge in [-0.15, -0.1) is 0 Å². The van der Waals surface area contributed by atoms with Gasteiger partial charge in [-0.05, 0) is 18.6 Å². The van der Waals surface area contributed by atoms with Gasteiger partial charge in [-0.2, -0.15) is 0 Å². The summed E-state index contributed by atoms with van der Waals surface area (Å²) in [5, 5.41) is 0.209. The average molecular weight is 300 g/mol. The molecule has 1 rings (SSSR count). The fraction of sp³-hybridized carbons (Fsp3) is 0.333. The van der Waals surface area contributed by atoms with Crippen LogP contribution >= 0.6 is 15.9 Å². The van der Waals surface area contributed by atoms with E-state index in [1.807, 2.05) is 0 Å². The molecule has 0 saturated heterocycles. The Morgan fingerprint density at radius 3 is 2.59 bits per heavy atom. The summed E-state index contributed by atoms with van der Waals surface area (Å²) >= 11 is 3.10. The highest BCUT2D eigenvalue weighted by Gasteiger charge is 2.18. The summed E-state index contributed by atoms with van der Waals surface area (Å²) in [7, 11) is 0. The van der Waals surface area contributed by atoms with Crippen LogP contribution in [0.4, 0.5) is 0 Å². The molecule has 1 aromatic carbocycles. The molecule has 17 heavy (non-hydrogen) atoms. The SMILES string of the molecule is CCC(Oc1ccccc1C(=O)CBr)C(N)=O. The zero-order chi connectivity index (χ0) is 12.8. The molecule has 0 aromatic heterocycles. The van der Waals surface area contributed by atoms with Crippen molar-refractivity contribution in [3.8, 4) is 5.75 Å². The summed E-state index contributed by atoms with van der Waals surface area (Å²) in [6.45, 7) is 1.80. The molecular weight excluding hydrogens is 286 g/mol. The highest BCUT2D eigenvalue weighted by atomic mass is 79.9. The predicted octanol–water partition coefficient (Wildman–Crippen LogP) is 1.91. The van der Waals surface area contributed by atoms with Crippen molar-refractivity contribution in [1.82, 2.24) is 0 Å². The number of nitrogens with two attached hydrogens (primary N) is 1. The van der Waals surface area contributed by atoms with E-state index >= 15 is 0 Å². The van der Waals surface area contributed by atoms with E-state index in [9.17, 15) is 9.59 Å². The summed E-state index contributed by atoms with van der Waals surface area (Å²) in [4.78, 5) is 22.7. The average Bonchev–Trinajstić information content (AvgIpc) is 2.35. The molecular formula is C12H14BrNO3. The first-order chi connectivity index (χ1) is 8.10. The lowest BCUT2D eigenvalue weighted by molar-refractivity contribution is -0.124. The second-order valence-electron chi connectivity index (χ2n) is 3.47. The van der Waals surface area contributed by atoms with Gasteiger partial charge in [0.2, 0.25) is 0 Å². The number of amides is 1. The van der Waals surface area contributed by atoms with Gasteiger partial charge in [-0.3, -0.25) is 9.59 Å². The van der Waals surface area contributed by atoms with Gasteiger partial charge in [0.1, 0.15) is 5.75 Å². The second-order valence-corrected chi connectivity index (χ2v) is 4.03. The van der Waals surface area contributed by atoms with Gasteiger partial charge in [0.05, 0.1) is 10.9 Å². The van der Waals surface area contributed by atoms with Gasteiger partial charge in [-0.25, -0.2) is 0 Å². The van der Waals surface area contributed by atoms with E-state index in [1.54, 1.807) is 31.2 Å². The monoisotopic (exact) mass is 299 g/mol. The largest absolute Gasteiger partial charge is 0.480 e. The second kappa shape index (κ2) is 6.39. The quantitative estimate of drug-likeness (QED) is 0.644. The molecule has 0 heterocycles. The molecule has 0 bridgehead atoms. The highest BCUT2D eigenvalue weighted by molar-refractivity contribution is 9.09. The van der Waals surface area contributed by atoms with Gasteiger partial charge in [0.25, 0.3) is 5.91 Å². The zero-order valence-electron chi connectivity index (χ0n) is 9.48. The van der Waals surface area contributed by atoms with Crippen LogP contribution in [0, 0.1) is 0 Å². The molecule has 92 valence electrons. The zero-order valence-corrected chi connectivity index (χ0v) is 11.1. The van der Waals surface area contributed by atoms with E-state index < -0.39 is 12.0 Å². The smallest absolute Gasteiger partial charge is 0.258 e. The number of alkyl halides is 1. The van der Waals surface area contributed by atoms with Crippen LogP contribution in [-0.4, -0.2) is 23.1 Å². The van der Waals surface area contributed by atoms with E-state index in [1.165, 1.54) is 0 Å². The Morgan fingerprint density at radius 2 is 2.06 bits per heavy atom. The van der Waals surface area contributed by atoms with Crippen LogP contribution in [0.1, 0.15) is 23.7 Å². The summed E-state index contributed by atoms with van der Waals surface area (Å²) < 4.78 is 5.46. The maximum absolute atomic E-state index is 11.6. The third-order valence-corrected chi connectivity index (χ3v) is 2.78. The van der Waals surface area contributed by atoms with Crippen LogP contribution < -0.4 is 10.5 Å². The van der Waals surface area contributed by atoms with Crippen LogP contribution in [0.5, 0.6) is 5.75 Å². The molecule has 1 unspecified atom stereocenters. The molecule has 1 aromatic rings. The van der Waals surface area contributed by atoms with Crippen molar-refractivity contribution in [3.63, 3.8) is 0 Å². The first-order valence-electron chi connectivity index (χ1n) is 5.24. The van der Waals surface area contributed by atoms with Gasteiger partial charge in [0, 0.05) is 0 Å². The van der Waals surface area contributed by atoms with E-state index in [0.717, 1.165) is 0 Å². The maximum atomic E-state index is 11.6. The number of ether oxygens (including phenoxy) is 1. The summed E-state index contributed by atoms with van der Waals surface area (Å²) in [5.74, 6) is -0.240. The summed E-state index contributed by atoms with van der Waals surface area (Å²) in [6, 6.07) is 6.80. The number of rotatable bonds is 6. The van der Waals surface area contributed by atoms with E-state index in [2.05, 4.69) is 15.9 Å². The van der Waals surface area contributed by atoms with Gasteiger partial charge in [0.15, 0.2) is 11.9 Å². The van der Waals surface area contributed by atoms with Crippen LogP contribution in [-0.2, 0) is 4.79 Å². The molecule has 2 N–H and O–H groups in total. The molecule has 0 spiro atoms. The third kappa shape index (κ3) is 3.56. The summed E-state index contributed by atoms with van der Waals surface area (Å²) in [5.41, 5.74) is 5.64. The van der Waals surface area contributed by atoms with Crippen molar-refractivity contribution in [3.05, 3.63) is 29.8 Å². The number of para-hydroxylation sites is 1. The fourth-order valence-corrected chi connectivity index (χ4v) is 1.67. The normalized spacial score (nSPS) is 11.9. The lowest BCUT2D eigenvalue weighted by Crippen LogP contribution is -2.33. The molecule has 0 aliphatic heterocycles. The Hall–Kier alpha value is -1.36.